The van der Waals surface area contributed by atoms with Gasteiger partial charge in [0.1, 0.15) is 0 Å². The number of aryl methyl sites for hydroxylation is 1. The molecular weight excluding hydrogens is 276 g/mol. The topological polar surface area (TPSA) is 17.1 Å². The first-order chi connectivity index (χ1) is 8.16. The van der Waals surface area contributed by atoms with Gasteiger partial charge in [0.05, 0.1) is 0 Å². The van der Waals surface area contributed by atoms with E-state index in [4.69, 9.17) is 0 Å². The van der Waals surface area contributed by atoms with Gasteiger partial charge in [-0.1, -0.05) is 52.3 Å². The van der Waals surface area contributed by atoms with Gasteiger partial charge in [0.2, 0.25) is 0 Å². The van der Waals surface area contributed by atoms with E-state index in [1.54, 1.807) is 0 Å². The molecule has 17 heavy (non-hydrogen) atoms. The molecule has 0 aliphatic heterocycles. The number of carbonyl (C=O) groups is 1. The number of hydrogen-bond donors (Lipinski definition) is 0. The molecule has 0 heterocycles. The van der Waals surface area contributed by atoms with Gasteiger partial charge >= 0.3 is 0 Å². The number of benzene rings is 2. The lowest BCUT2D eigenvalue weighted by Crippen LogP contribution is -2.04. The summed E-state index contributed by atoms with van der Waals surface area (Å²) in [5, 5.41) is 0. The van der Waals surface area contributed by atoms with Crippen LogP contribution in [0.3, 0.4) is 0 Å². The monoisotopic (exact) mass is 288 g/mol. The van der Waals surface area contributed by atoms with Gasteiger partial charge in [0.15, 0.2) is 5.78 Å². The highest BCUT2D eigenvalue weighted by atomic mass is 79.9. The van der Waals surface area contributed by atoms with E-state index in [0.29, 0.717) is 6.42 Å². The van der Waals surface area contributed by atoms with E-state index in [9.17, 15) is 4.79 Å². The zero-order valence-corrected chi connectivity index (χ0v) is 11.2. The van der Waals surface area contributed by atoms with Gasteiger partial charge in [-0.05, 0) is 30.2 Å². The molecule has 86 valence electrons. The van der Waals surface area contributed by atoms with E-state index in [1.165, 1.54) is 0 Å². The van der Waals surface area contributed by atoms with E-state index >= 15 is 0 Å². The van der Waals surface area contributed by atoms with Crippen LogP contribution in [0.2, 0.25) is 0 Å². The lowest BCUT2D eigenvalue weighted by atomic mass is 10.0. The minimum Gasteiger partial charge on any atom is -0.294 e. The molecule has 0 unspecified atom stereocenters. The Kier molecular flexibility index (Phi) is 3.75. The number of rotatable bonds is 3. The van der Waals surface area contributed by atoms with Crippen molar-refractivity contribution in [3.63, 3.8) is 0 Å². The minimum atomic E-state index is 0.142. The summed E-state index contributed by atoms with van der Waals surface area (Å²) in [6, 6.07) is 15.6. The normalized spacial score (nSPS) is 10.2. The maximum atomic E-state index is 12.1. The van der Waals surface area contributed by atoms with Crippen molar-refractivity contribution < 1.29 is 4.79 Å². The maximum Gasteiger partial charge on any atom is 0.168 e. The molecule has 2 rings (SSSR count). The summed E-state index contributed by atoms with van der Waals surface area (Å²) in [6.07, 6.45) is 0.447. The van der Waals surface area contributed by atoms with Crippen molar-refractivity contribution >= 4 is 21.7 Å². The van der Waals surface area contributed by atoms with Crippen molar-refractivity contribution in [1.29, 1.82) is 0 Å². The van der Waals surface area contributed by atoms with Crippen LogP contribution in [0.15, 0.2) is 53.0 Å². The quantitative estimate of drug-likeness (QED) is 0.775. The summed E-state index contributed by atoms with van der Waals surface area (Å²) in [5.74, 6) is 0.142. The second kappa shape index (κ2) is 5.28. The van der Waals surface area contributed by atoms with E-state index < -0.39 is 0 Å². The van der Waals surface area contributed by atoms with Crippen molar-refractivity contribution in [3.05, 3.63) is 69.7 Å². The first-order valence-electron chi connectivity index (χ1n) is 5.50. The Hall–Kier alpha value is -1.41. The minimum absolute atomic E-state index is 0.142. The predicted molar refractivity (Wildman–Crippen MR) is 73.4 cm³/mol. The van der Waals surface area contributed by atoms with E-state index in [1.807, 2.05) is 55.5 Å². The summed E-state index contributed by atoms with van der Waals surface area (Å²) in [6.45, 7) is 2.01. The van der Waals surface area contributed by atoms with Crippen LogP contribution in [0, 0.1) is 6.92 Å². The molecule has 0 atom stereocenters. The number of carbonyl (C=O) groups excluding carboxylic acids is 1. The Bertz CT molecular complexity index is 532. The number of ketones is 1. The molecule has 2 aromatic rings. The van der Waals surface area contributed by atoms with Crippen LogP contribution in [0.1, 0.15) is 21.5 Å². The van der Waals surface area contributed by atoms with Crippen LogP contribution >= 0.6 is 15.9 Å². The summed E-state index contributed by atoms with van der Waals surface area (Å²) >= 11 is 3.44. The SMILES string of the molecule is Cc1ccc(C(=O)Cc2ccccc2)c(Br)c1. The van der Waals surface area contributed by atoms with Crippen molar-refractivity contribution in [3.8, 4) is 0 Å². The average molecular weight is 289 g/mol. The van der Waals surface area contributed by atoms with Crippen LogP contribution in [-0.2, 0) is 6.42 Å². The molecule has 0 N–H and O–H groups in total. The average Bonchev–Trinajstić information content (AvgIpc) is 2.30. The van der Waals surface area contributed by atoms with Crippen LogP contribution < -0.4 is 0 Å². The van der Waals surface area contributed by atoms with E-state index in [-0.39, 0.29) is 5.78 Å². The first-order valence-corrected chi connectivity index (χ1v) is 6.29. The van der Waals surface area contributed by atoms with Gasteiger partial charge < -0.3 is 0 Å². The van der Waals surface area contributed by atoms with Crippen molar-refractivity contribution in [2.45, 2.75) is 13.3 Å². The molecule has 0 fully saturated rings. The van der Waals surface area contributed by atoms with Crippen LogP contribution in [-0.4, -0.2) is 5.78 Å². The molecule has 0 amide bonds. The fourth-order valence-corrected chi connectivity index (χ4v) is 2.44. The third kappa shape index (κ3) is 3.04. The van der Waals surface area contributed by atoms with Crippen LogP contribution in [0.25, 0.3) is 0 Å². The molecule has 0 aromatic heterocycles. The Morgan fingerprint density at radius 1 is 1.12 bits per heavy atom. The van der Waals surface area contributed by atoms with E-state index in [0.717, 1.165) is 21.2 Å². The molecule has 0 saturated heterocycles. The zero-order chi connectivity index (χ0) is 12.3. The van der Waals surface area contributed by atoms with Gasteiger partial charge in [0.25, 0.3) is 0 Å². The smallest absolute Gasteiger partial charge is 0.168 e. The summed E-state index contributed by atoms with van der Waals surface area (Å²) < 4.78 is 0.874. The summed E-state index contributed by atoms with van der Waals surface area (Å²) in [5.41, 5.74) is 2.94. The molecule has 0 bridgehead atoms. The summed E-state index contributed by atoms with van der Waals surface area (Å²) in [7, 11) is 0. The molecule has 2 heteroatoms. The van der Waals surface area contributed by atoms with Crippen molar-refractivity contribution in [2.24, 2.45) is 0 Å². The highest BCUT2D eigenvalue weighted by molar-refractivity contribution is 9.10. The molecule has 2 aromatic carbocycles. The molecule has 0 aliphatic rings. The van der Waals surface area contributed by atoms with Gasteiger partial charge in [0, 0.05) is 16.5 Å². The third-order valence-electron chi connectivity index (χ3n) is 2.63. The van der Waals surface area contributed by atoms with E-state index in [2.05, 4.69) is 15.9 Å². The first kappa shape index (κ1) is 12.1. The molecule has 0 spiro atoms. The third-order valence-corrected chi connectivity index (χ3v) is 3.29. The highest BCUT2D eigenvalue weighted by Crippen LogP contribution is 2.20. The second-order valence-corrected chi connectivity index (χ2v) is 4.92. The van der Waals surface area contributed by atoms with Gasteiger partial charge in [-0.3, -0.25) is 4.79 Å². The Morgan fingerprint density at radius 3 is 2.47 bits per heavy atom. The van der Waals surface area contributed by atoms with Gasteiger partial charge in [-0.25, -0.2) is 0 Å². The maximum absolute atomic E-state index is 12.1. The summed E-state index contributed by atoms with van der Waals surface area (Å²) in [4.78, 5) is 12.1. The van der Waals surface area contributed by atoms with Crippen molar-refractivity contribution in [1.82, 2.24) is 0 Å². The predicted octanol–water partition coefficient (Wildman–Crippen LogP) is 4.18. The standard InChI is InChI=1S/C15H13BrO/c1-11-7-8-13(14(16)9-11)15(17)10-12-5-3-2-4-6-12/h2-9H,10H2,1H3. The molecule has 0 radical (unpaired) electrons. The Labute approximate surface area is 110 Å². The number of hydrogen-bond acceptors (Lipinski definition) is 1. The molecule has 0 aliphatic carbocycles. The van der Waals surface area contributed by atoms with Gasteiger partial charge in [-0.2, -0.15) is 0 Å². The second-order valence-electron chi connectivity index (χ2n) is 4.07. The highest BCUT2D eigenvalue weighted by Gasteiger charge is 2.10. The molecular formula is C15H13BrO. The van der Waals surface area contributed by atoms with Crippen LogP contribution in [0.5, 0.6) is 0 Å². The Balaban J connectivity index is 2.21. The fourth-order valence-electron chi connectivity index (χ4n) is 1.72. The number of Topliss-reactive ketones (excluding diaryl/α,β-unsaturated/α-hetero) is 1. The Morgan fingerprint density at radius 2 is 1.82 bits per heavy atom. The molecule has 0 saturated carbocycles. The zero-order valence-electron chi connectivity index (χ0n) is 9.61. The van der Waals surface area contributed by atoms with Gasteiger partial charge in [-0.15, -0.1) is 0 Å². The largest absolute Gasteiger partial charge is 0.294 e. The lowest BCUT2D eigenvalue weighted by Gasteiger charge is -2.05. The van der Waals surface area contributed by atoms with Crippen molar-refractivity contribution in [2.75, 3.05) is 0 Å². The number of halogens is 1. The fraction of sp³-hybridized carbons (Fsp3) is 0.133. The van der Waals surface area contributed by atoms with Crippen LogP contribution in [0.4, 0.5) is 0 Å². The lowest BCUT2D eigenvalue weighted by molar-refractivity contribution is 0.0992. The molecule has 1 nitrogen and oxygen atoms in total.